The lowest BCUT2D eigenvalue weighted by Gasteiger charge is -2.40. The van der Waals surface area contributed by atoms with Crippen LogP contribution < -0.4 is 4.90 Å². The number of hydrogen-bond donors (Lipinski definition) is 0. The number of nitrogens with zero attached hydrogens (tertiary/aromatic N) is 2. The SMILES string of the molecule is CC(=O)c1cc(Br)ccc1N1CCN(C)CC1C. The molecule has 1 aromatic rings. The van der Waals surface area contributed by atoms with E-state index in [0.717, 1.165) is 35.4 Å². The van der Waals surface area contributed by atoms with E-state index in [4.69, 9.17) is 0 Å². The third kappa shape index (κ3) is 2.75. The highest BCUT2D eigenvalue weighted by Crippen LogP contribution is 2.28. The molecule has 0 saturated carbocycles. The summed E-state index contributed by atoms with van der Waals surface area (Å²) in [5, 5.41) is 0. The Morgan fingerprint density at radius 2 is 2.11 bits per heavy atom. The summed E-state index contributed by atoms with van der Waals surface area (Å²) < 4.78 is 0.957. The minimum atomic E-state index is 0.123. The topological polar surface area (TPSA) is 23.6 Å². The van der Waals surface area contributed by atoms with Crippen molar-refractivity contribution in [1.29, 1.82) is 0 Å². The van der Waals surface area contributed by atoms with Gasteiger partial charge in [-0.15, -0.1) is 0 Å². The van der Waals surface area contributed by atoms with Crippen molar-refractivity contribution in [3.05, 3.63) is 28.2 Å². The molecule has 4 heteroatoms. The molecule has 1 saturated heterocycles. The van der Waals surface area contributed by atoms with Crippen molar-refractivity contribution < 1.29 is 4.79 Å². The van der Waals surface area contributed by atoms with Gasteiger partial charge in [0.15, 0.2) is 5.78 Å². The minimum Gasteiger partial charge on any atom is -0.366 e. The van der Waals surface area contributed by atoms with E-state index >= 15 is 0 Å². The number of halogens is 1. The van der Waals surface area contributed by atoms with E-state index in [1.54, 1.807) is 6.92 Å². The maximum absolute atomic E-state index is 11.8. The van der Waals surface area contributed by atoms with E-state index in [9.17, 15) is 4.79 Å². The van der Waals surface area contributed by atoms with E-state index in [-0.39, 0.29) is 5.78 Å². The fourth-order valence-electron chi connectivity index (χ4n) is 2.54. The number of hydrogen-bond acceptors (Lipinski definition) is 3. The first-order valence-corrected chi connectivity index (χ1v) is 7.04. The molecule has 1 aliphatic heterocycles. The molecule has 1 fully saturated rings. The van der Waals surface area contributed by atoms with Crippen LogP contribution in [0, 0.1) is 0 Å². The van der Waals surface area contributed by atoms with Gasteiger partial charge in [0.25, 0.3) is 0 Å². The Morgan fingerprint density at radius 1 is 1.39 bits per heavy atom. The van der Waals surface area contributed by atoms with Gasteiger partial charge in [0, 0.05) is 41.4 Å². The monoisotopic (exact) mass is 310 g/mol. The zero-order valence-corrected chi connectivity index (χ0v) is 12.7. The first-order valence-electron chi connectivity index (χ1n) is 6.24. The van der Waals surface area contributed by atoms with Crippen LogP contribution in [0.5, 0.6) is 0 Å². The van der Waals surface area contributed by atoms with Gasteiger partial charge in [-0.2, -0.15) is 0 Å². The molecule has 1 aromatic carbocycles. The summed E-state index contributed by atoms with van der Waals surface area (Å²) >= 11 is 3.43. The molecule has 0 amide bonds. The molecule has 1 unspecified atom stereocenters. The maximum Gasteiger partial charge on any atom is 0.161 e. The fourth-order valence-corrected chi connectivity index (χ4v) is 2.90. The summed E-state index contributed by atoms with van der Waals surface area (Å²) in [7, 11) is 2.14. The first-order chi connectivity index (χ1) is 8.49. The van der Waals surface area contributed by atoms with Gasteiger partial charge in [-0.05, 0) is 39.1 Å². The maximum atomic E-state index is 11.8. The van der Waals surface area contributed by atoms with Gasteiger partial charge in [0.05, 0.1) is 0 Å². The summed E-state index contributed by atoms with van der Waals surface area (Å²) in [5.74, 6) is 0.123. The number of rotatable bonds is 2. The molecule has 0 radical (unpaired) electrons. The summed E-state index contributed by atoms with van der Waals surface area (Å²) in [6.07, 6.45) is 0. The zero-order chi connectivity index (χ0) is 13.3. The standard InChI is InChI=1S/C14H19BrN2O/c1-10-9-16(3)6-7-17(10)14-5-4-12(15)8-13(14)11(2)18/h4-5,8,10H,6-7,9H2,1-3H3. The van der Waals surface area contributed by atoms with Crippen molar-refractivity contribution in [2.75, 3.05) is 31.6 Å². The van der Waals surface area contributed by atoms with E-state index in [1.807, 2.05) is 18.2 Å². The molecule has 3 nitrogen and oxygen atoms in total. The van der Waals surface area contributed by atoms with Crippen LogP contribution in [-0.2, 0) is 0 Å². The average molecular weight is 311 g/mol. The van der Waals surface area contributed by atoms with Crippen LogP contribution in [0.3, 0.4) is 0 Å². The van der Waals surface area contributed by atoms with Gasteiger partial charge in [-0.25, -0.2) is 0 Å². The molecule has 1 aliphatic rings. The predicted octanol–water partition coefficient (Wildman–Crippen LogP) is 2.79. The molecule has 0 spiro atoms. The summed E-state index contributed by atoms with van der Waals surface area (Å²) in [6.45, 7) is 6.89. The second-order valence-electron chi connectivity index (χ2n) is 5.02. The number of carbonyl (C=O) groups excluding carboxylic acids is 1. The van der Waals surface area contributed by atoms with Gasteiger partial charge < -0.3 is 9.80 Å². The Morgan fingerprint density at radius 3 is 2.72 bits per heavy atom. The Hall–Kier alpha value is -0.870. The highest BCUT2D eigenvalue weighted by Gasteiger charge is 2.24. The van der Waals surface area contributed by atoms with Crippen molar-refractivity contribution in [2.24, 2.45) is 0 Å². The largest absolute Gasteiger partial charge is 0.366 e. The predicted molar refractivity (Wildman–Crippen MR) is 78.5 cm³/mol. The molecule has 0 bridgehead atoms. The van der Waals surface area contributed by atoms with Crippen LogP contribution in [0.2, 0.25) is 0 Å². The van der Waals surface area contributed by atoms with E-state index in [0.29, 0.717) is 6.04 Å². The molecule has 2 rings (SSSR count). The molecule has 18 heavy (non-hydrogen) atoms. The number of carbonyl (C=O) groups is 1. The van der Waals surface area contributed by atoms with Crippen molar-refractivity contribution in [2.45, 2.75) is 19.9 Å². The van der Waals surface area contributed by atoms with Crippen molar-refractivity contribution >= 4 is 27.4 Å². The number of ketones is 1. The highest BCUT2D eigenvalue weighted by molar-refractivity contribution is 9.10. The number of anilines is 1. The molecular formula is C14H19BrN2O. The van der Waals surface area contributed by atoms with Gasteiger partial charge in [0.2, 0.25) is 0 Å². The van der Waals surface area contributed by atoms with E-state index < -0.39 is 0 Å². The molecule has 1 atom stereocenters. The number of Topliss-reactive ketones (excluding diaryl/α,β-unsaturated/α-hetero) is 1. The van der Waals surface area contributed by atoms with Crippen LogP contribution in [0.1, 0.15) is 24.2 Å². The third-order valence-corrected chi connectivity index (χ3v) is 3.97. The normalized spacial score (nSPS) is 21.1. The lowest BCUT2D eigenvalue weighted by atomic mass is 10.1. The van der Waals surface area contributed by atoms with Crippen molar-refractivity contribution in [3.8, 4) is 0 Å². The Balaban J connectivity index is 2.35. The highest BCUT2D eigenvalue weighted by atomic mass is 79.9. The Bertz CT molecular complexity index is 461. The molecule has 0 aromatic heterocycles. The van der Waals surface area contributed by atoms with Crippen LogP contribution in [0.4, 0.5) is 5.69 Å². The summed E-state index contributed by atoms with van der Waals surface area (Å²) in [5.41, 5.74) is 1.87. The van der Waals surface area contributed by atoms with Gasteiger partial charge in [0.1, 0.15) is 0 Å². The van der Waals surface area contributed by atoms with Gasteiger partial charge in [-0.1, -0.05) is 15.9 Å². The summed E-state index contributed by atoms with van der Waals surface area (Å²) in [4.78, 5) is 16.4. The fraction of sp³-hybridized carbons (Fsp3) is 0.500. The molecule has 0 N–H and O–H groups in total. The van der Waals surface area contributed by atoms with Gasteiger partial charge >= 0.3 is 0 Å². The zero-order valence-electron chi connectivity index (χ0n) is 11.1. The van der Waals surface area contributed by atoms with E-state index in [1.165, 1.54) is 0 Å². The third-order valence-electron chi connectivity index (χ3n) is 3.48. The van der Waals surface area contributed by atoms with Crippen LogP contribution in [0.25, 0.3) is 0 Å². The smallest absolute Gasteiger partial charge is 0.161 e. The quantitative estimate of drug-likeness (QED) is 0.785. The molecule has 98 valence electrons. The number of piperazine rings is 1. The van der Waals surface area contributed by atoms with Crippen molar-refractivity contribution in [3.63, 3.8) is 0 Å². The Kier molecular flexibility index (Phi) is 4.07. The second-order valence-corrected chi connectivity index (χ2v) is 5.94. The van der Waals surface area contributed by atoms with Gasteiger partial charge in [-0.3, -0.25) is 4.79 Å². The Labute approximate surface area is 117 Å². The second kappa shape index (κ2) is 5.41. The minimum absolute atomic E-state index is 0.123. The van der Waals surface area contributed by atoms with Crippen LogP contribution in [-0.4, -0.2) is 43.4 Å². The number of benzene rings is 1. The summed E-state index contributed by atoms with van der Waals surface area (Å²) in [6, 6.07) is 6.40. The lowest BCUT2D eigenvalue weighted by molar-refractivity contribution is 0.101. The van der Waals surface area contributed by atoms with Crippen LogP contribution in [0.15, 0.2) is 22.7 Å². The molecule has 1 heterocycles. The lowest BCUT2D eigenvalue weighted by Crippen LogP contribution is -2.50. The van der Waals surface area contributed by atoms with Crippen molar-refractivity contribution in [1.82, 2.24) is 4.90 Å². The molecular weight excluding hydrogens is 292 g/mol. The molecule has 0 aliphatic carbocycles. The average Bonchev–Trinajstić information content (AvgIpc) is 2.29. The number of likely N-dealkylation sites (N-methyl/N-ethyl adjacent to an activating group) is 1. The van der Waals surface area contributed by atoms with E-state index in [2.05, 4.69) is 39.7 Å². The van der Waals surface area contributed by atoms with Crippen LogP contribution >= 0.6 is 15.9 Å². The first kappa shape index (κ1) is 13.6.